The summed E-state index contributed by atoms with van der Waals surface area (Å²) in [5.74, 6) is 4.11. The maximum atomic E-state index is 13.6. The number of ether oxygens (including phenoxy) is 1. The Morgan fingerprint density at radius 3 is 2.46 bits per heavy atom. The molecule has 1 aliphatic heterocycles. The van der Waals surface area contributed by atoms with Gasteiger partial charge in [-0.1, -0.05) is 36.1 Å². The number of halogens is 2. The predicted octanol–water partition coefficient (Wildman–Crippen LogP) is 4.28. The average molecular weight is 376 g/mol. The van der Waals surface area contributed by atoms with Gasteiger partial charge in [0.2, 0.25) is 0 Å². The van der Waals surface area contributed by atoms with Gasteiger partial charge in [0, 0.05) is 23.5 Å². The maximum Gasteiger partial charge on any atom is 0.408 e. The number of carbonyl (C=O) groups excluding carboxylic acids is 1. The highest BCUT2D eigenvalue weighted by Crippen LogP contribution is 2.37. The van der Waals surface area contributed by atoms with Gasteiger partial charge in [-0.3, -0.25) is 4.98 Å². The maximum absolute atomic E-state index is 13.6. The van der Waals surface area contributed by atoms with E-state index in [1.807, 2.05) is 30.3 Å². The third-order valence-electron chi connectivity index (χ3n) is 4.33. The van der Waals surface area contributed by atoms with Crippen molar-refractivity contribution in [1.29, 1.82) is 0 Å². The van der Waals surface area contributed by atoms with Gasteiger partial charge in [0.15, 0.2) is 17.7 Å². The molecule has 138 valence electrons. The Morgan fingerprint density at radius 2 is 1.68 bits per heavy atom. The van der Waals surface area contributed by atoms with Crippen molar-refractivity contribution in [2.45, 2.75) is 12.1 Å². The van der Waals surface area contributed by atoms with E-state index < -0.39 is 29.9 Å². The summed E-state index contributed by atoms with van der Waals surface area (Å²) in [5.41, 5.74) is 2.53. The number of carbonyl (C=O) groups is 1. The van der Waals surface area contributed by atoms with E-state index in [2.05, 4.69) is 22.1 Å². The number of nitrogens with one attached hydrogen (secondary N) is 1. The monoisotopic (exact) mass is 376 g/mol. The summed E-state index contributed by atoms with van der Waals surface area (Å²) in [5, 5.41) is 2.69. The van der Waals surface area contributed by atoms with E-state index >= 15 is 0 Å². The molecule has 0 radical (unpaired) electrons. The van der Waals surface area contributed by atoms with E-state index in [0.717, 1.165) is 17.7 Å². The van der Waals surface area contributed by atoms with Gasteiger partial charge in [0.05, 0.1) is 0 Å². The first-order valence-electron chi connectivity index (χ1n) is 8.54. The summed E-state index contributed by atoms with van der Waals surface area (Å²) < 4.78 is 32.1. The van der Waals surface area contributed by atoms with Crippen LogP contribution in [0.3, 0.4) is 0 Å². The van der Waals surface area contributed by atoms with E-state index in [1.54, 1.807) is 18.5 Å². The van der Waals surface area contributed by atoms with Crippen LogP contribution in [0.2, 0.25) is 0 Å². The topological polar surface area (TPSA) is 51.2 Å². The largest absolute Gasteiger partial charge is 0.439 e. The Kier molecular flexibility index (Phi) is 4.73. The Labute approximate surface area is 160 Å². The number of pyridine rings is 1. The van der Waals surface area contributed by atoms with E-state index in [0.29, 0.717) is 16.7 Å². The molecule has 2 aromatic carbocycles. The summed E-state index contributed by atoms with van der Waals surface area (Å²) in [6, 6.07) is 14.1. The zero-order valence-electron chi connectivity index (χ0n) is 14.5. The molecule has 2 heterocycles. The molecular weight excluding hydrogens is 362 g/mol. The SMILES string of the molecule is O=C1N[C@H](c2cncc(C#Cc3ccccc3)c2)[C@@H](c2ccc(F)c(F)c2)O1. The molecule has 0 spiro atoms. The van der Waals surface area contributed by atoms with E-state index in [-0.39, 0.29) is 0 Å². The first kappa shape index (κ1) is 17.7. The Bertz CT molecular complexity index is 1090. The summed E-state index contributed by atoms with van der Waals surface area (Å²) in [6.07, 6.45) is 1.76. The van der Waals surface area contributed by atoms with Crippen LogP contribution in [0.1, 0.15) is 34.4 Å². The lowest BCUT2D eigenvalue weighted by atomic mass is 9.96. The number of aromatic nitrogens is 1. The quantitative estimate of drug-likeness (QED) is 0.679. The average Bonchev–Trinajstić information content (AvgIpc) is 3.11. The smallest absolute Gasteiger partial charge is 0.408 e. The minimum absolute atomic E-state index is 0.350. The highest BCUT2D eigenvalue weighted by atomic mass is 19.2. The van der Waals surface area contributed by atoms with E-state index in [1.165, 1.54) is 6.07 Å². The lowest BCUT2D eigenvalue weighted by molar-refractivity contribution is 0.132. The molecule has 1 aliphatic rings. The third-order valence-corrected chi connectivity index (χ3v) is 4.33. The van der Waals surface area contributed by atoms with Crippen LogP contribution in [-0.4, -0.2) is 11.1 Å². The number of alkyl carbamates (subject to hydrolysis) is 1. The predicted molar refractivity (Wildman–Crippen MR) is 98.1 cm³/mol. The third kappa shape index (κ3) is 3.69. The van der Waals surface area contributed by atoms with Gasteiger partial charge < -0.3 is 10.1 Å². The van der Waals surface area contributed by atoms with Gasteiger partial charge in [0.1, 0.15) is 6.04 Å². The fourth-order valence-electron chi connectivity index (χ4n) is 2.99. The van der Waals surface area contributed by atoms with Crippen LogP contribution >= 0.6 is 0 Å². The number of rotatable bonds is 2. The Balaban J connectivity index is 1.64. The zero-order valence-corrected chi connectivity index (χ0v) is 14.5. The summed E-state index contributed by atoms with van der Waals surface area (Å²) in [7, 11) is 0. The minimum Gasteiger partial charge on any atom is -0.439 e. The Hall–Kier alpha value is -3.72. The molecular formula is C22H14F2N2O2. The van der Waals surface area contributed by atoms with Crippen molar-refractivity contribution >= 4 is 6.09 Å². The van der Waals surface area contributed by atoms with Crippen molar-refractivity contribution < 1.29 is 18.3 Å². The van der Waals surface area contributed by atoms with E-state index in [9.17, 15) is 13.6 Å². The number of hydrogen-bond donors (Lipinski definition) is 1. The fraction of sp³-hybridized carbons (Fsp3) is 0.0909. The second kappa shape index (κ2) is 7.49. The molecule has 4 rings (SSSR count). The van der Waals surface area contributed by atoms with Crippen molar-refractivity contribution in [3.8, 4) is 11.8 Å². The van der Waals surface area contributed by atoms with Gasteiger partial charge in [-0.2, -0.15) is 0 Å². The van der Waals surface area contributed by atoms with Crippen LogP contribution < -0.4 is 5.32 Å². The lowest BCUT2D eigenvalue weighted by Gasteiger charge is -2.17. The molecule has 1 fully saturated rings. The van der Waals surface area contributed by atoms with Crippen LogP contribution in [0.5, 0.6) is 0 Å². The van der Waals surface area contributed by atoms with Gasteiger partial charge in [-0.05, 0) is 41.5 Å². The van der Waals surface area contributed by atoms with Crippen LogP contribution in [0.15, 0.2) is 67.0 Å². The molecule has 0 bridgehead atoms. The van der Waals surface area contributed by atoms with Crippen molar-refractivity contribution in [3.63, 3.8) is 0 Å². The fourth-order valence-corrected chi connectivity index (χ4v) is 2.99. The van der Waals surface area contributed by atoms with Crippen LogP contribution in [0.25, 0.3) is 0 Å². The zero-order chi connectivity index (χ0) is 19.5. The van der Waals surface area contributed by atoms with Crippen molar-refractivity contribution in [2.75, 3.05) is 0 Å². The molecule has 1 N–H and O–H groups in total. The van der Waals surface area contributed by atoms with Crippen molar-refractivity contribution in [1.82, 2.24) is 10.3 Å². The molecule has 1 amide bonds. The summed E-state index contributed by atoms with van der Waals surface area (Å²) >= 11 is 0. The molecule has 0 saturated carbocycles. The molecule has 1 saturated heterocycles. The number of amides is 1. The molecule has 28 heavy (non-hydrogen) atoms. The van der Waals surface area contributed by atoms with Crippen molar-refractivity contribution in [2.24, 2.45) is 0 Å². The van der Waals surface area contributed by atoms with Crippen molar-refractivity contribution in [3.05, 3.63) is 101 Å². The summed E-state index contributed by atoms with van der Waals surface area (Å²) in [6.45, 7) is 0. The molecule has 0 unspecified atom stereocenters. The second-order valence-corrected chi connectivity index (χ2v) is 6.24. The number of nitrogens with zero attached hydrogens (tertiary/aromatic N) is 1. The molecule has 1 aromatic heterocycles. The molecule has 4 nitrogen and oxygen atoms in total. The van der Waals surface area contributed by atoms with Gasteiger partial charge in [0.25, 0.3) is 0 Å². The van der Waals surface area contributed by atoms with E-state index in [4.69, 9.17) is 4.74 Å². The molecule has 3 aromatic rings. The highest BCUT2D eigenvalue weighted by Gasteiger charge is 2.37. The Morgan fingerprint density at radius 1 is 0.893 bits per heavy atom. The first-order chi connectivity index (χ1) is 13.6. The minimum atomic E-state index is -1.00. The van der Waals surface area contributed by atoms with Crippen LogP contribution in [-0.2, 0) is 4.74 Å². The van der Waals surface area contributed by atoms with Gasteiger partial charge in [-0.25, -0.2) is 13.6 Å². The second-order valence-electron chi connectivity index (χ2n) is 6.24. The molecule has 0 aliphatic carbocycles. The molecule has 6 heteroatoms. The highest BCUT2D eigenvalue weighted by molar-refractivity contribution is 5.71. The van der Waals surface area contributed by atoms with Crippen LogP contribution in [0, 0.1) is 23.5 Å². The first-order valence-corrected chi connectivity index (χ1v) is 8.54. The molecule has 2 atom stereocenters. The lowest BCUT2D eigenvalue weighted by Crippen LogP contribution is -2.20. The number of cyclic esters (lactones) is 1. The summed E-state index contributed by atoms with van der Waals surface area (Å²) in [4.78, 5) is 16.0. The number of benzene rings is 2. The van der Waals surface area contributed by atoms with Gasteiger partial charge >= 0.3 is 6.09 Å². The number of hydrogen-bond acceptors (Lipinski definition) is 3. The van der Waals surface area contributed by atoms with Gasteiger partial charge in [-0.15, -0.1) is 0 Å². The normalized spacial score (nSPS) is 18.0. The van der Waals surface area contributed by atoms with Crippen LogP contribution in [0.4, 0.5) is 13.6 Å². The standard InChI is InChI=1S/C22H14F2N2O2/c23-18-9-8-16(11-19(18)24)21-20(26-22(27)28-21)17-10-15(12-25-13-17)7-6-14-4-2-1-3-5-14/h1-5,8-13,20-21H,(H,26,27)/t20-,21-/m1/s1.